The van der Waals surface area contributed by atoms with Crippen LogP contribution in [0.25, 0.3) is 5.65 Å². The maximum atomic E-state index is 12.6. The van der Waals surface area contributed by atoms with Crippen LogP contribution in [0.3, 0.4) is 0 Å². The first-order chi connectivity index (χ1) is 14.4. The molecule has 6 heteroatoms. The van der Waals surface area contributed by atoms with Gasteiger partial charge in [0, 0.05) is 24.1 Å². The first-order valence-corrected chi connectivity index (χ1v) is 12.4. The Morgan fingerprint density at radius 2 is 1.90 bits per heavy atom. The number of pyridine rings is 1. The van der Waals surface area contributed by atoms with E-state index in [1.807, 2.05) is 19.1 Å². The van der Waals surface area contributed by atoms with Gasteiger partial charge in [0.1, 0.15) is 5.65 Å². The van der Waals surface area contributed by atoms with E-state index in [1.165, 1.54) is 50.3 Å². The highest BCUT2D eigenvalue weighted by Gasteiger charge is 2.53. The third-order valence-corrected chi connectivity index (χ3v) is 8.69. The van der Waals surface area contributed by atoms with Gasteiger partial charge in [-0.3, -0.25) is 14.0 Å². The summed E-state index contributed by atoms with van der Waals surface area (Å²) in [6.07, 6.45) is 9.99. The maximum absolute atomic E-state index is 12.6. The van der Waals surface area contributed by atoms with Gasteiger partial charge in [0.2, 0.25) is 5.91 Å². The molecule has 6 rings (SSSR count). The lowest BCUT2D eigenvalue weighted by Gasteiger charge is -2.59. The average Bonchev–Trinajstić information content (AvgIpc) is 2.67. The number of aromatic nitrogens is 2. The van der Waals surface area contributed by atoms with Gasteiger partial charge in [-0.05, 0) is 87.2 Å². The molecule has 4 fully saturated rings. The highest BCUT2D eigenvalue weighted by molar-refractivity contribution is 7.99. The fourth-order valence-electron chi connectivity index (χ4n) is 6.72. The largest absolute Gasteiger partial charge is 0.352 e. The van der Waals surface area contributed by atoms with Crippen LogP contribution in [-0.4, -0.2) is 27.1 Å². The number of aryl methyl sites for hydroxylation is 1. The van der Waals surface area contributed by atoms with Gasteiger partial charge in [-0.25, -0.2) is 4.98 Å². The van der Waals surface area contributed by atoms with Gasteiger partial charge in [-0.1, -0.05) is 6.07 Å². The van der Waals surface area contributed by atoms with Crippen LogP contribution in [0.2, 0.25) is 0 Å². The number of carbonyl (C=O) groups excluding carboxylic acids is 1. The third kappa shape index (κ3) is 3.79. The van der Waals surface area contributed by atoms with Crippen LogP contribution in [0, 0.1) is 30.1 Å². The number of hydrogen-bond acceptors (Lipinski definition) is 4. The summed E-state index contributed by atoms with van der Waals surface area (Å²) in [5, 5.41) is 3.32. The Labute approximate surface area is 182 Å². The Kier molecular flexibility index (Phi) is 5.16. The number of thioether (sulfide) groups is 1. The molecule has 0 aliphatic heterocycles. The second kappa shape index (κ2) is 7.70. The van der Waals surface area contributed by atoms with Gasteiger partial charge in [0.25, 0.3) is 5.56 Å². The molecule has 4 aliphatic carbocycles. The molecule has 4 aliphatic rings. The molecule has 1 amide bonds. The van der Waals surface area contributed by atoms with Crippen LogP contribution >= 0.6 is 11.8 Å². The summed E-state index contributed by atoms with van der Waals surface area (Å²) in [5.74, 6) is 3.77. The predicted molar refractivity (Wildman–Crippen MR) is 121 cm³/mol. The first kappa shape index (κ1) is 20.1. The number of fused-ring (bicyclic) bond motifs is 1. The summed E-state index contributed by atoms with van der Waals surface area (Å²) in [6.45, 7) is 4.18. The molecule has 30 heavy (non-hydrogen) atoms. The summed E-state index contributed by atoms with van der Waals surface area (Å²) in [4.78, 5) is 29.5. The Balaban J connectivity index is 1.17. The molecule has 2 heterocycles. The van der Waals surface area contributed by atoms with Crippen molar-refractivity contribution in [2.75, 3.05) is 5.75 Å². The van der Waals surface area contributed by atoms with Crippen LogP contribution < -0.4 is 10.9 Å². The van der Waals surface area contributed by atoms with Gasteiger partial charge in [0.05, 0.1) is 11.4 Å². The third-order valence-electron chi connectivity index (χ3n) is 7.73. The van der Waals surface area contributed by atoms with E-state index in [-0.39, 0.29) is 17.5 Å². The molecule has 0 saturated heterocycles. The molecule has 1 N–H and O–H groups in total. The zero-order valence-corrected chi connectivity index (χ0v) is 18.7. The molecule has 0 radical (unpaired) electrons. The fourth-order valence-corrected chi connectivity index (χ4v) is 7.45. The first-order valence-electron chi connectivity index (χ1n) is 11.3. The van der Waals surface area contributed by atoms with Crippen molar-refractivity contribution in [3.8, 4) is 0 Å². The van der Waals surface area contributed by atoms with E-state index >= 15 is 0 Å². The zero-order chi connectivity index (χ0) is 20.9. The lowest BCUT2D eigenvalue weighted by molar-refractivity contribution is -0.123. The Bertz CT molecular complexity index is 995. The smallest absolute Gasteiger partial charge is 0.258 e. The van der Waals surface area contributed by atoms with Gasteiger partial charge >= 0.3 is 0 Å². The normalized spacial score (nSPS) is 30.5. The SMILES string of the molecule is Cc1ccc2nc(CSCC(=O)NC(C)C34CC5CC(CC(C5)C3)C4)cc(=O)n2c1. The number of nitrogens with zero attached hydrogens (tertiary/aromatic N) is 2. The number of amides is 1. The topological polar surface area (TPSA) is 63.5 Å². The van der Waals surface area contributed by atoms with Crippen LogP contribution in [0.15, 0.2) is 29.2 Å². The van der Waals surface area contributed by atoms with Gasteiger partial charge in [-0.15, -0.1) is 11.8 Å². The van der Waals surface area contributed by atoms with Gasteiger partial charge in [-0.2, -0.15) is 0 Å². The molecule has 1 atom stereocenters. The molecule has 160 valence electrons. The second-order valence-electron chi connectivity index (χ2n) is 10.1. The van der Waals surface area contributed by atoms with Crippen LogP contribution in [0.5, 0.6) is 0 Å². The lowest BCUT2D eigenvalue weighted by Crippen LogP contribution is -2.56. The van der Waals surface area contributed by atoms with Crippen molar-refractivity contribution >= 4 is 23.3 Å². The Morgan fingerprint density at radius 1 is 1.23 bits per heavy atom. The summed E-state index contributed by atoms with van der Waals surface area (Å²) < 4.78 is 1.57. The predicted octanol–water partition coefficient (Wildman–Crippen LogP) is 3.96. The molecule has 2 aromatic rings. The highest BCUT2D eigenvalue weighted by Crippen LogP contribution is 2.61. The van der Waals surface area contributed by atoms with E-state index in [0.717, 1.165) is 29.0 Å². The minimum atomic E-state index is -0.0702. The van der Waals surface area contributed by atoms with Gasteiger partial charge < -0.3 is 5.32 Å². The molecule has 0 spiro atoms. The van der Waals surface area contributed by atoms with Crippen molar-refractivity contribution in [2.24, 2.45) is 23.2 Å². The van der Waals surface area contributed by atoms with Crippen LogP contribution in [0.1, 0.15) is 56.7 Å². The average molecular weight is 426 g/mol. The van der Waals surface area contributed by atoms with Gasteiger partial charge in [0.15, 0.2) is 0 Å². The van der Waals surface area contributed by atoms with E-state index in [0.29, 0.717) is 22.6 Å². The van der Waals surface area contributed by atoms with Crippen LogP contribution in [0.4, 0.5) is 0 Å². The molecule has 4 bridgehead atoms. The Morgan fingerprint density at radius 3 is 2.57 bits per heavy atom. The minimum absolute atomic E-state index is 0.0702. The van der Waals surface area contributed by atoms with E-state index in [9.17, 15) is 9.59 Å². The summed E-state index contributed by atoms with van der Waals surface area (Å²) in [6, 6.07) is 5.66. The summed E-state index contributed by atoms with van der Waals surface area (Å²) in [5.41, 5.74) is 2.68. The molecule has 4 saturated carbocycles. The molecule has 1 unspecified atom stereocenters. The highest BCUT2D eigenvalue weighted by atomic mass is 32.2. The second-order valence-corrected chi connectivity index (χ2v) is 11.1. The molecule has 2 aromatic heterocycles. The zero-order valence-electron chi connectivity index (χ0n) is 17.9. The minimum Gasteiger partial charge on any atom is -0.352 e. The number of hydrogen-bond donors (Lipinski definition) is 1. The number of rotatable bonds is 6. The van der Waals surface area contributed by atoms with Crippen molar-refractivity contribution in [3.63, 3.8) is 0 Å². The van der Waals surface area contributed by atoms with Crippen molar-refractivity contribution in [1.82, 2.24) is 14.7 Å². The van der Waals surface area contributed by atoms with E-state index in [1.54, 1.807) is 16.7 Å². The number of carbonyl (C=O) groups is 1. The van der Waals surface area contributed by atoms with Crippen molar-refractivity contribution < 1.29 is 4.79 Å². The standard InChI is InChI=1S/C24H31N3O2S/c1-15-3-4-21-26-20(8-23(29)27(21)12-15)13-30-14-22(28)25-16(2)24-9-17-5-18(10-24)7-19(6-17)11-24/h3-4,8,12,16-19H,5-7,9-11,13-14H2,1-2H3,(H,25,28). The maximum Gasteiger partial charge on any atom is 0.258 e. The monoisotopic (exact) mass is 425 g/mol. The molecular formula is C24H31N3O2S. The van der Waals surface area contributed by atoms with Crippen molar-refractivity contribution in [3.05, 3.63) is 46.0 Å². The summed E-state index contributed by atoms with van der Waals surface area (Å²) in [7, 11) is 0. The quantitative estimate of drug-likeness (QED) is 0.761. The van der Waals surface area contributed by atoms with E-state index < -0.39 is 0 Å². The number of nitrogens with one attached hydrogen (secondary N) is 1. The lowest BCUT2D eigenvalue weighted by atomic mass is 9.48. The molecule has 5 nitrogen and oxygen atoms in total. The van der Waals surface area contributed by atoms with Crippen molar-refractivity contribution in [1.29, 1.82) is 0 Å². The summed E-state index contributed by atoms with van der Waals surface area (Å²) >= 11 is 1.53. The van der Waals surface area contributed by atoms with E-state index in [2.05, 4.69) is 17.2 Å². The van der Waals surface area contributed by atoms with Crippen LogP contribution in [-0.2, 0) is 10.5 Å². The van der Waals surface area contributed by atoms with E-state index in [4.69, 9.17) is 0 Å². The van der Waals surface area contributed by atoms with Crippen molar-refractivity contribution in [2.45, 2.75) is 64.2 Å². The molecule has 0 aromatic carbocycles. The fraction of sp³-hybridized carbons (Fsp3) is 0.625. The molecular weight excluding hydrogens is 394 g/mol. The Hall–Kier alpha value is -1.82.